The molecule has 0 aliphatic heterocycles. The molecule has 0 aromatic heterocycles. The van der Waals surface area contributed by atoms with Crippen LogP contribution >= 0.6 is 11.6 Å². The Bertz CT molecular complexity index is 642. The standard InChI is InChI=1S/C17H18ClNO2/c1-12-8-9-14(18)10-15(12)16(21)19-17(2,11-20)13-6-4-3-5-7-13/h3-10,20H,11H2,1-2H3,(H,19,21). The van der Waals surface area contributed by atoms with E-state index in [0.717, 1.165) is 11.1 Å². The minimum atomic E-state index is -0.840. The van der Waals surface area contributed by atoms with Crippen LogP contribution in [0.4, 0.5) is 0 Å². The van der Waals surface area contributed by atoms with Crippen molar-refractivity contribution in [2.45, 2.75) is 19.4 Å². The van der Waals surface area contributed by atoms with Gasteiger partial charge < -0.3 is 10.4 Å². The molecular weight excluding hydrogens is 286 g/mol. The smallest absolute Gasteiger partial charge is 0.252 e. The van der Waals surface area contributed by atoms with Gasteiger partial charge in [0, 0.05) is 10.6 Å². The maximum atomic E-state index is 12.5. The van der Waals surface area contributed by atoms with Gasteiger partial charge in [0.2, 0.25) is 0 Å². The summed E-state index contributed by atoms with van der Waals surface area (Å²) in [6, 6.07) is 14.6. The van der Waals surface area contributed by atoms with Crippen LogP contribution in [0.5, 0.6) is 0 Å². The van der Waals surface area contributed by atoms with E-state index < -0.39 is 5.54 Å². The summed E-state index contributed by atoms with van der Waals surface area (Å²) in [6.45, 7) is 3.45. The van der Waals surface area contributed by atoms with Crippen molar-refractivity contribution in [3.8, 4) is 0 Å². The Hall–Kier alpha value is -1.84. The van der Waals surface area contributed by atoms with Gasteiger partial charge in [0.1, 0.15) is 0 Å². The van der Waals surface area contributed by atoms with Crippen molar-refractivity contribution in [2.24, 2.45) is 0 Å². The minimum absolute atomic E-state index is 0.192. The summed E-state index contributed by atoms with van der Waals surface area (Å²) in [4.78, 5) is 12.5. The number of hydrogen-bond acceptors (Lipinski definition) is 2. The van der Waals surface area contributed by atoms with Crippen LogP contribution in [-0.2, 0) is 5.54 Å². The Labute approximate surface area is 129 Å². The molecule has 1 amide bonds. The number of nitrogens with one attached hydrogen (secondary N) is 1. The molecule has 2 rings (SSSR count). The molecule has 21 heavy (non-hydrogen) atoms. The number of carbonyl (C=O) groups is 1. The van der Waals surface area contributed by atoms with Gasteiger partial charge >= 0.3 is 0 Å². The van der Waals surface area contributed by atoms with Crippen LogP contribution < -0.4 is 5.32 Å². The minimum Gasteiger partial charge on any atom is -0.394 e. The number of benzene rings is 2. The molecule has 2 aromatic carbocycles. The molecular formula is C17H18ClNO2. The highest BCUT2D eigenvalue weighted by Crippen LogP contribution is 2.22. The van der Waals surface area contributed by atoms with Crippen LogP contribution in [0.1, 0.15) is 28.4 Å². The van der Waals surface area contributed by atoms with E-state index in [1.165, 1.54) is 0 Å². The lowest BCUT2D eigenvalue weighted by molar-refractivity contribution is 0.0849. The molecule has 0 aliphatic rings. The third-order valence-corrected chi connectivity index (χ3v) is 3.80. The van der Waals surface area contributed by atoms with E-state index in [1.807, 2.05) is 37.3 Å². The summed E-state index contributed by atoms with van der Waals surface area (Å²) >= 11 is 5.95. The van der Waals surface area contributed by atoms with Crippen LogP contribution in [0.25, 0.3) is 0 Å². The summed E-state index contributed by atoms with van der Waals surface area (Å²) in [5, 5.41) is 13.1. The second-order valence-corrected chi connectivity index (χ2v) is 5.71. The lowest BCUT2D eigenvalue weighted by Crippen LogP contribution is -2.46. The lowest BCUT2D eigenvalue weighted by atomic mass is 9.92. The molecule has 0 heterocycles. The van der Waals surface area contributed by atoms with E-state index in [2.05, 4.69) is 5.32 Å². The number of amides is 1. The average molecular weight is 304 g/mol. The molecule has 110 valence electrons. The first-order valence-corrected chi connectivity index (χ1v) is 7.09. The Kier molecular flexibility index (Phi) is 4.66. The van der Waals surface area contributed by atoms with E-state index in [4.69, 9.17) is 11.6 Å². The third-order valence-electron chi connectivity index (χ3n) is 3.56. The molecule has 0 saturated carbocycles. The van der Waals surface area contributed by atoms with Gasteiger partial charge in [-0.15, -0.1) is 0 Å². The van der Waals surface area contributed by atoms with Gasteiger partial charge in [-0.1, -0.05) is 48.0 Å². The number of carbonyl (C=O) groups excluding carboxylic acids is 1. The molecule has 0 fully saturated rings. The zero-order valence-electron chi connectivity index (χ0n) is 12.1. The van der Waals surface area contributed by atoms with Gasteiger partial charge in [-0.3, -0.25) is 4.79 Å². The molecule has 2 N–H and O–H groups in total. The Balaban J connectivity index is 2.30. The van der Waals surface area contributed by atoms with Crippen molar-refractivity contribution in [1.82, 2.24) is 5.32 Å². The number of aliphatic hydroxyl groups excluding tert-OH is 1. The van der Waals surface area contributed by atoms with Gasteiger partial charge in [0.05, 0.1) is 12.1 Å². The van der Waals surface area contributed by atoms with Crippen molar-refractivity contribution in [3.63, 3.8) is 0 Å². The van der Waals surface area contributed by atoms with Crippen LogP contribution in [0.15, 0.2) is 48.5 Å². The summed E-state index contributed by atoms with van der Waals surface area (Å²) in [6.07, 6.45) is 0. The van der Waals surface area contributed by atoms with E-state index in [0.29, 0.717) is 10.6 Å². The number of aliphatic hydroxyl groups is 1. The van der Waals surface area contributed by atoms with Gasteiger partial charge in [-0.25, -0.2) is 0 Å². The van der Waals surface area contributed by atoms with E-state index in [-0.39, 0.29) is 12.5 Å². The van der Waals surface area contributed by atoms with Crippen LogP contribution in [0.2, 0.25) is 5.02 Å². The molecule has 2 aromatic rings. The Morgan fingerprint density at radius 2 is 1.90 bits per heavy atom. The molecule has 0 radical (unpaired) electrons. The fourth-order valence-corrected chi connectivity index (χ4v) is 2.34. The highest BCUT2D eigenvalue weighted by Gasteiger charge is 2.28. The van der Waals surface area contributed by atoms with E-state index in [9.17, 15) is 9.90 Å². The third kappa shape index (κ3) is 3.43. The Morgan fingerprint density at radius 1 is 1.24 bits per heavy atom. The predicted molar refractivity (Wildman–Crippen MR) is 84.5 cm³/mol. The zero-order chi connectivity index (χ0) is 15.5. The lowest BCUT2D eigenvalue weighted by Gasteiger charge is -2.29. The van der Waals surface area contributed by atoms with Gasteiger partial charge in [-0.2, -0.15) is 0 Å². The van der Waals surface area contributed by atoms with E-state index in [1.54, 1.807) is 25.1 Å². The highest BCUT2D eigenvalue weighted by molar-refractivity contribution is 6.31. The van der Waals surface area contributed by atoms with E-state index >= 15 is 0 Å². The summed E-state index contributed by atoms with van der Waals surface area (Å²) < 4.78 is 0. The largest absolute Gasteiger partial charge is 0.394 e. The van der Waals surface area contributed by atoms with Crippen molar-refractivity contribution in [3.05, 3.63) is 70.2 Å². The monoisotopic (exact) mass is 303 g/mol. The first-order valence-electron chi connectivity index (χ1n) is 6.71. The van der Waals surface area contributed by atoms with Gasteiger partial charge in [-0.05, 0) is 37.1 Å². The first kappa shape index (κ1) is 15.5. The predicted octanol–water partition coefficient (Wildman–Crippen LogP) is 3.29. The number of aryl methyl sites for hydroxylation is 1. The normalized spacial score (nSPS) is 13.5. The maximum absolute atomic E-state index is 12.5. The van der Waals surface area contributed by atoms with Crippen LogP contribution in [0, 0.1) is 6.92 Å². The highest BCUT2D eigenvalue weighted by atomic mass is 35.5. The van der Waals surface area contributed by atoms with Crippen molar-refractivity contribution < 1.29 is 9.90 Å². The van der Waals surface area contributed by atoms with Crippen molar-refractivity contribution >= 4 is 17.5 Å². The molecule has 0 aliphatic carbocycles. The topological polar surface area (TPSA) is 49.3 Å². The Morgan fingerprint density at radius 3 is 2.52 bits per heavy atom. The van der Waals surface area contributed by atoms with Crippen LogP contribution in [0.3, 0.4) is 0 Å². The molecule has 0 bridgehead atoms. The van der Waals surface area contributed by atoms with Crippen molar-refractivity contribution in [1.29, 1.82) is 0 Å². The van der Waals surface area contributed by atoms with Crippen LogP contribution in [-0.4, -0.2) is 17.6 Å². The molecule has 3 nitrogen and oxygen atoms in total. The average Bonchev–Trinajstić information content (AvgIpc) is 2.50. The number of halogens is 1. The molecule has 1 unspecified atom stereocenters. The quantitative estimate of drug-likeness (QED) is 0.910. The summed E-state index contributed by atoms with van der Waals surface area (Å²) in [5.74, 6) is -0.254. The molecule has 0 saturated heterocycles. The number of rotatable bonds is 4. The fourth-order valence-electron chi connectivity index (χ4n) is 2.17. The van der Waals surface area contributed by atoms with Gasteiger partial charge in [0.25, 0.3) is 5.91 Å². The second-order valence-electron chi connectivity index (χ2n) is 5.27. The fraction of sp³-hybridized carbons (Fsp3) is 0.235. The summed E-state index contributed by atoms with van der Waals surface area (Å²) in [7, 11) is 0. The molecule has 1 atom stereocenters. The second kappa shape index (κ2) is 6.29. The first-order chi connectivity index (χ1) is 9.96. The van der Waals surface area contributed by atoms with Crippen molar-refractivity contribution in [2.75, 3.05) is 6.61 Å². The molecule has 4 heteroatoms. The maximum Gasteiger partial charge on any atom is 0.252 e. The summed E-state index contributed by atoms with van der Waals surface area (Å²) in [5.41, 5.74) is 1.36. The number of hydrogen-bond donors (Lipinski definition) is 2. The SMILES string of the molecule is Cc1ccc(Cl)cc1C(=O)NC(C)(CO)c1ccccc1. The zero-order valence-corrected chi connectivity index (χ0v) is 12.8. The van der Waals surface area contributed by atoms with Gasteiger partial charge in [0.15, 0.2) is 0 Å². The molecule has 0 spiro atoms.